The lowest BCUT2D eigenvalue weighted by Gasteiger charge is -2.41. The predicted octanol–water partition coefficient (Wildman–Crippen LogP) is 4.22. The molecule has 0 bridgehead atoms. The van der Waals surface area contributed by atoms with Gasteiger partial charge in [0.15, 0.2) is 6.29 Å². The van der Waals surface area contributed by atoms with E-state index in [1.807, 2.05) is 50.2 Å². The maximum absolute atomic E-state index is 13.8. The van der Waals surface area contributed by atoms with Gasteiger partial charge in [0.1, 0.15) is 25.7 Å². The molecule has 2 aromatic rings. The second-order valence-corrected chi connectivity index (χ2v) is 11.6. The third kappa shape index (κ3) is 9.98. The minimum Gasteiger partial charge on any atom is -0.445 e. The zero-order valence-electron chi connectivity index (χ0n) is 26.3. The van der Waals surface area contributed by atoms with Gasteiger partial charge in [-0.25, -0.2) is 20.1 Å². The van der Waals surface area contributed by atoms with Gasteiger partial charge in [0.2, 0.25) is 5.91 Å². The fourth-order valence-electron chi connectivity index (χ4n) is 5.00. The van der Waals surface area contributed by atoms with Gasteiger partial charge < -0.3 is 9.47 Å². The van der Waals surface area contributed by atoms with Crippen molar-refractivity contribution in [2.45, 2.75) is 71.3 Å². The van der Waals surface area contributed by atoms with Gasteiger partial charge >= 0.3 is 6.09 Å². The first-order valence-electron chi connectivity index (χ1n) is 15.6. The number of nitrogens with one attached hydrogen (secondary N) is 1. The third-order valence-corrected chi connectivity index (χ3v) is 7.49. The average Bonchev–Trinajstić information content (AvgIpc) is 3.06. The van der Waals surface area contributed by atoms with Gasteiger partial charge in [0.25, 0.3) is 17.7 Å². The molecule has 2 fully saturated rings. The van der Waals surface area contributed by atoms with Crippen molar-refractivity contribution in [2.24, 2.45) is 5.92 Å². The van der Waals surface area contributed by atoms with Crippen molar-refractivity contribution in [3.63, 3.8) is 0 Å². The van der Waals surface area contributed by atoms with Crippen LogP contribution in [0.4, 0.5) is 4.79 Å². The first-order valence-corrected chi connectivity index (χ1v) is 15.6. The molecule has 0 aromatic heterocycles. The Labute approximate surface area is 269 Å². The number of carbonyl (C=O) groups is 5. The van der Waals surface area contributed by atoms with Gasteiger partial charge in [0, 0.05) is 19.4 Å². The van der Waals surface area contributed by atoms with Crippen molar-refractivity contribution in [1.29, 1.82) is 0 Å². The van der Waals surface area contributed by atoms with E-state index < -0.39 is 55.1 Å². The molecule has 2 heterocycles. The summed E-state index contributed by atoms with van der Waals surface area (Å²) in [6.07, 6.45) is 4.72. The number of hydrogen-bond acceptors (Lipinski definition) is 8. The summed E-state index contributed by atoms with van der Waals surface area (Å²) in [5.41, 5.74) is 4.01. The lowest BCUT2D eigenvalue weighted by molar-refractivity contribution is -0.206. The van der Waals surface area contributed by atoms with Gasteiger partial charge in [-0.2, -0.15) is 5.01 Å². The highest BCUT2D eigenvalue weighted by Gasteiger charge is 2.44. The van der Waals surface area contributed by atoms with E-state index >= 15 is 0 Å². The number of benzene rings is 2. The molecule has 0 saturated carbocycles. The van der Waals surface area contributed by atoms with E-state index in [9.17, 15) is 24.0 Å². The van der Waals surface area contributed by atoms with Gasteiger partial charge in [-0.05, 0) is 42.7 Å². The minimum atomic E-state index is -1.33. The number of piperazine rings is 1. The van der Waals surface area contributed by atoms with E-state index in [0.29, 0.717) is 24.5 Å². The van der Waals surface area contributed by atoms with Crippen LogP contribution < -0.4 is 5.48 Å². The number of nitrogens with zero attached hydrogens (tertiary/aromatic N) is 3. The molecular weight excluding hydrogens is 592 g/mol. The Hall–Kier alpha value is -4.55. The molecule has 0 radical (unpaired) electrons. The molecule has 0 unspecified atom stereocenters. The Morgan fingerprint density at radius 3 is 2.30 bits per heavy atom. The number of rotatable bonds is 13. The molecule has 12 heteroatoms. The highest BCUT2D eigenvalue weighted by atomic mass is 16.8. The standard InChI is InChI=1S/C34H42N4O8/c1-25(2)19-20-29(39)37(38-30(40)22-36(23-31(38)41)34(43)45-24-27-14-7-4-8-15-27)28(17-11-16-26-12-5-3-6-13-26)33(42)35-46-32-18-9-10-21-44-32/h3-8,11-16,25,28,32H,9-10,17-24H2,1-2H3,(H,35,42)/t28-,32+/m0/s1. The van der Waals surface area contributed by atoms with Crippen molar-refractivity contribution in [2.75, 3.05) is 19.7 Å². The van der Waals surface area contributed by atoms with Crippen LogP contribution in [0.3, 0.4) is 0 Å². The number of imide groups is 1. The smallest absolute Gasteiger partial charge is 0.411 e. The zero-order chi connectivity index (χ0) is 32.9. The minimum absolute atomic E-state index is 0.0175. The van der Waals surface area contributed by atoms with Crippen LogP contribution in [0.25, 0.3) is 6.08 Å². The van der Waals surface area contributed by atoms with Crippen LogP contribution in [-0.4, -0.2) is 76.7 Å². The molecule has 2 aromatic carbocycles. The zero-order valence-corrected chi connectivity index (χ0v) is 26.3. The molecule has 2 aliphatic heterocycles. The Morgan fingerprint density at radius 2 is 1.67 bits per heavy atom. The quantitative estimate of drug-likeness (QED) is 0.256. The van der Waals surface area contributed by atoms with Gasteiger partial charge in [-0.15, -0.1) is 0 Å². The Morgan fingerprint density at radius 1 is 1.00 bits per heavy atom. The Balaban J connectivity index is 1.56. The average molecular weight is 635 g/mol. The topological polar surface area (TPSA) is 135 Å². The lowest BCUT2D eigenvalue weighted by atomic mass is 10.1. The molecule has 5 amide bonds. The van der Waals surface area contributed by atoms with E-state index in [-0.39, 0.29) is 25.4 Å². The fourth-order valence-corrected chi connectivity index (χ4v) is 5.00. The highest BCUT2D eigenvalue weighted by Crippen LogP contribution is 2.21. The van der Waals surface area contributed by atoms with Crippen molar-refractivity contribution in [3.8, 4) is 0 Å². The summed E-state index contributed by atoms with van der Waals surface area (Å²) in [6, 6.07) is 17.0. The van der Waals surface area contributed by atoms with Crippen molar-refractivity contribution in [3.05, 3.63) is 77.9 Å². The van der Waals surface area contributed by atoms with Crippen LogP contribution in [0.1, 0.15) is 63.5 Å². The van der Waals surface area contributed by atoms with Crippen LogP contribution in [0.2, 0.25) is 0 Å². The van der Waals surface area contributed by atoms with Crippen molar-refractivity contribution < 1.29 is 38.3 Å². The summed E-state index contributed by atoms with van der Waals surface area (Å²) in [6.45, 7) is 3.30. The van der Waals surface area contributed by atoms with E-state index in [4.69, 9.17) is 14.3 Å². The molecule has 2 atom stereocenters. The molecule has 2 aliphatic rings. The number of hydrogen-bond donors (Lipinski definition) is 1. The second-order valence-electron chi connectivity index (χ2n) is 11.6. The number of hydrazine groups is 1. The monoisotopic (exact) mass is 634 g/mol. The van der Waals surface area contributed by atoms with Gasteiger partial charge in [0.05, 0.1) is 0 Å². The van der Waals surface area contributed by atoms with E-state index in [2.05, 4.69) is 5.48 Å². The largest absolute Gasteiger partial charge is 0.445 e. The summed E-state index contributed by atoms with van der Waals surface area (Å²) in [5, 5.41) is 1.62. The molecule has 12 nitrogen and oxygen atoms in total. The molecule has 0 aliphatic carbocycles. The normalized spacial score (nSPS) is 17.7. The summed E-state index contributed by atoms with van der Waals surface area (Å²) < 4.78 is 10.9. The maximum Gasteiger partial charge on any atom is 0.411 e. The number of amides is 5. The number of hydroxylamine groups is 1. The highest BCUT2D eigenvalue weighted by molar-refractivity contribution is 6.04. The SMILES string of the molecule is CC(C)CCC(=O)N([C@@H](CC=Cc1ccccc1)C(=O)NO[C@@H]1CCCCO1)N1C(=O)CN(C(=O)OCc2ccccc2)CC1=O. The van der Waals surface area contributed by atoms with E-state index in [1.54, 1.807) is 36.4 Å². The Kier molecular flexibility index (Phi) is 12.9. The first kappa shape index (κ1) is 34.3. The van der Waals surface area contributed by atoms with Crippen LogP contribution in [-0.2, 0) is 40.1 Å². The van der Waals surface area contributed by atoms with Crippen molar-refractivity contribution >= 4 is 35.8 Å². The fraction of sp³-hybridized carbons (Fsp3) is 0.441. The third-order valence-electron chi connectivity index (χ3n) is 7.49. The van der Waals surface area contributed by atoms with Gasteiger partial charge in [-0.1, -0.05) is 86.7 Å². The molecule has 1 N–H and O–H groups in total. The van der Waals surface area contributed by atoms with E-state index in [1.165, 1.54) is 0 Å². The molecule has 0 spiro atoms. The van der Waals surface area contributed by atoms with Crippen LogP contribution in [0, 0.1) is 5.92 Å². The molecule has 2 saturated heterocycles. The summed E-state index contributed by atoms with van der Waals surface area (Å²) in [7, 11) is 0. The van der Waals surface area contributed by atoms with Gasteiger partial charge in [-0.3, -0.25) is 24.1 Å². The Bertz CT molecular complexity index is 1340. The lowest BCUT2D eigenvalue weighted by Crippen LogP contribution is -2.66. The molecule has 4 rings (SSSR count). The summed E-state index contributed by atoms with van der Waals surface area (Å²) in [5.74, 6) is -2.85. The van der Waals surface area contributed by atoms with Crippen LogP contribution in [0.5, 0.6) is 0 Å². The number of carbonyl (C=O) groups excluding carboxylic acids is 5. The summed E-state index contributed by atoms with van der Waals surface area (Å²) >= 11 is 0. The first-order chi connectivity index (χ1) is 22.2. The van der Waals surface area contributed by atoms with Crippen molar-refractivity contribution in [1.82, 2.24) is 20.4 Å². The van der Waals surface area contributed by atoms with Crippen LogP contribution >= 0.6 is 0 Å². The summed E-state index contributed by atoms with van der Waals surface area (Å²) in [4.78, 5) is 74.0. The van der Waals surface area contributed by atoms with Crippen LogP contribution in [0.15, 0.2) is 66.7 Å². The second kappa shape index (κ2) is 17.2. The molecular formula is C34H42N4O8. The van der Waals surface area contributed by atoms with E-state index in [0.717, 1.165) is 33.9 Å². The molecule has 246 valence electrons. The predicted molar refractivity (Wildman–Crippen MR) is 168 cm³/mol. The maximum atomic E-state index is 13.8. The number of ether oxygens (including phenoxy) is 2. The molecule has 46 heavy (non-hydrogen) atoms.